The number of anilines is 1. The van der Waals surface area contributed by atoms with Crippen LogP contribution < -0.4 is 5.32 Å². The lowest BCUT2D eigenvalue weighted by atomic mass is 10.1. The minimum atomic E-state index is -0.670. The molecule has 0 unspecified atom stereocenters. The Kier molecular flexibility index (Phi) is 5.02. The van der Waals surface area contributed by atoms with Gasteiger partial charge in [0.15, 0.2) is 0 Å². The molecule has 3 aromatic rings. The average Bonchev–Trinajstić information content (AvgIpc) is 3.03. The van der Waals surface area contributed by atoms with Gasteiger partial charge in [0.25, 0.3) is 11.6 Å². The predicted octanol–water partition coefficient (Wildman–Crippen LogP) is 4.26. The van der Waals surface area contributed by atoms with Crippen molar-refractivity contribution in [2.75, 3.05) is 5.32 Å². The molecule has 27 heavy (non-hydrogen) atoms. The number of aromatic hydroxyl groups is 1. The zero-order valence-electron chi connectivity index (χ0n) is 13.8. The van der Waals surface area contributed by atoms with Crippen LogP contribution >= 0.6 is 23.2 Å². The van der Waals surface area contributed by atoms with Gasteiger partial charge in [0.2, 0.25) is 0 Å². The van der Waals surface area contributed by atoms with E-state index in [9.17, 15) is 20.0 Å². The highest BCUT2D eigenvalue weighted by Gasteiger charge is 2.19. The first kappa shape index (κ1) is 18.7. The molecule has 1 amide bonds. The summed E-state index contributed by atoms with van der Waals surface area (Å²) in [4.78, 5) is 26.8. The maximum absolute atomic E-state index is 12.5. The van der Waals surface area contributed by atoms with Crippen LogP contribution in [0.4, 0.5) is 11.4 Å². The number of aryl methyl sites for hydroxylation is 1. The van der Waals surface area contributed by atoms with E-state index in [1.54, 1.807) is 24.0 Å². The molecule has 0 aliphatic rings. The largest absolute Gasteiger partial charge is 0.507 e. The molecule has 0 spiro atoms. The Morgan fingerprint density at radius 2 is 2.00 bits per heavy atom. The number of nitro groups is 1. The fourth-order valence-corrected chi connectivity index (χ4v) is 2.92. The molecule has 10 heteroatoms. The van der Waals surface area contributed by atoms with Gasteiger partial charge < -0.3 is 15.0 Å². The molecule has 0 aliphatic heterocycles. The Bertz CT molecular complexity index is 1070. The highest BCUT2D eigenvalue weighted by Crippen LogP contribution is 2.34. The van der Waals surface area contributed by atoms with Crippen LogP contribution in [0.3, 0.4) is 0 Å². The second-order valence-corrected chi connectivity index (χ2v) is 6.40. The third kappa shape index (κ3) is 3.71. The molecule has 8 nitrogen and oxygen atoms in total. The number of imidazole rings is 1. The number of nitrogens with one attached hydrogen (secondary N) is 1. The first-order valence-corrected chi connectivity index (χ1v) is 8.29. The summed E-state index contributed by atoms with van der Waals surface area (Å²) in [6.07, 6.45) is 3.31. The summed E-state index contributed by atoms with van der Waals surface area (Å²) in [5, 5.41) is 23.7. The summed E-state index contributed by atoms with van der Waals surface area (Å²) in [6, 6.07) is 6.29. The van der Waals surface area contributed by atoms with Crippen LogP contribution in [0.15, 0.2) is 42.7 Å². The quantitative estimate of drug-likeness (QED) is 0.496. The Morgan fingerprint density at radius 1 is 1.26 bits per heavy atom. The minimum absolute atomic E-state index is 0.00670. The van der Waals surface area contributed by atoms with E-state index in [0.29, 0.717) is 11.4 Å². The van der Waals surface area contributed by atoms with Crippen molar-refractivity contribution in [1.29, 1.82) is 0 Å². The molecule has 0 saturated carbocycles. The number of non-ortho nitro benzene ring substituents is 1. The first-order chi connectivity index (χ1) is 12.8. The standard InChI is InChI=1S/C17H12Cl2N4O4/c1-22-5-4-20-16(22)10-8-15(24)11(7-12(10)18)17(25)21-14-3-2-9(23(26)27)6-13(14)19/h2-8,24H,1H3,(H,21,25). The molecule has 138 valence electrons. The summed E-state index contributed by atoms with van der Waals surface area (Å²) >= 11 is 12.2. The van der Waals surface area contributed by atoms with Crippen LogP contribution in [0.1, 0.15) is 10.4 Å². The molecule has 2 aromatic carbocycles. The average molecular weight is 407 g/mol. The van der Waals surface area contributed by atoms with Gasteiger partial charge in [-0.25, -0.2) is 4.98 Å². The number of benzene rings is 2. The molecule has 2 N–H and O–H groups in total. The van der Waals surface area contributed by atoms with E-state index in [0.717, 1.165) is 6.07 Å². The Balaban J connectivity index is 1.91. The van der Waals surface area contributed by atoms with Crippen LogP contribution in [-0.2, 0) is 7.05 Å². The molecule has 1 heterocycles. The lowest BCUT2D eigenvalue weighted by Crippen LogP contribution is -2.13. The molecule has 1 aromatic heterocycles. The maximum atomic E-state index is 12.5. The van der Waals surface area contributed by atoms with Crippen LogP contribution in [0.2, 0.25) is 10.0 Å². The van der Waals surface area contributed by atoms with Crippen molar-refractivity contribution >= 4 is 40.5 Å². The van der Waals surface area contributed by atoms with E-state index < -0.39 is 10.8 Å². The Labute approximate surface area is 163 Å². The monoisotopic (exact) mass is 406 g/mol. The highest BCUT2D eigenvalue weighted by molar-refractivity contribution is 6.35. The molecule has 0 bridgehead atoms. The number of nitrogens with zero attached hydrogens (tertiary/aromatic N) is 3. The normalized spacial score (nSPS) is 10.6. The number of amides is 1. The van der Waals surface area contributed by atoms with Gasteiger partial charge in [-0.3, -0.25) is 14.9 Å². The number of hydrogen-bond donors (Lipinski definition) is 2. The summed E-state index contributed by atoms with van der Waals surface area (Å²) < 4.78 is 1.72. The molecule has 0 atom stereocenters. The number of carbonyl (C=O) groups is 1. The van der Waals surface area contributed by atoms with E-state index in [1.807, 2.05) is 0 Å². The SMILES string of the molecule is Cn1ccnc1-c1cc(O)c(C(=O)Nc2ccc([N+](=O)[O-])cc2Cl)cc1Cl. The Morgan fingerprint density at radius 3 is 2.59 bits per heavy atom. The first-order valence-electron chi connectivity index (χ1n) is 7.53. The number of nitro benzene ring substituents is 1. The van der Waals surface area contributed by atoms with Crippen molar-refractivity contribution in [3.8, 4) is 17.1 Å². The number of phenols is 1. The third-order valence-corrected chi connectivity index (χ3v) is 4.43. The summed E-state index contributed by atoms with van der Waals surface area (Å²) in [5.74, 6) is -0.440. The van der Waals surface area contributed by atoms with E-state index >= 15 is 0 Å². The van der Waals surface area contributed by atoms with Gasteiger partial charge in [-0.15, -0.1) is 0 Å². The fraction of sp³-hybridized carbons (Fsp3) is 0.0588. The number of carbonyl (C=O) groups excluding carboxylic acids is 1. The van der Waals surface area contributed by atoms with Crippen LogP contribution in [0, 0.1) is 10.1 Å². The molecule has 3 rings (SSSR count). The molecular weight excluding hydrogens is 395 g/mol. The van der Waals surface area contributed by atoms with Gasteiger partial charge in [0, 0.05) is 37.1 Å². The maximum Gasteiger partial charge on any atom is 0.271 e. The summed E-state index contributed by atoms with van der Waals surface area (Å²) in [7, 11) is 1.77. The van der Waals surface area contributed by atoms with Crippen molar-refractivity contribution in [3.63, 3.8) is 0 Å². The second-order valence-electron chi connectivity index (χ2n) is 5.59. The minimum Gasteiger partial charge on any atom is -0.507 e. The van der Waals surface area contributed by atoms with Crippen molar-refractivity contribution < 1.29 is 14.8 Å². The van der Waals surface area contributed by atoms with Gasteiger partial charge >= 0.3 is 0 Å². The van der Waals surface area contributed by atoms with Crippen LogP contribution in [0.5, 0.6) is 5.75 Å². The van der Waals surface area contributed by atoms with E-state index in [2.05, 4.69) is 10.3 Å². The van der Waals surface area contributed by atoms with Gasteiger partial charge in [0.05, 0.1) is 26.2 Å². The van der Waals surface area contributed by atoms with Gasteiger partial charge in [-0.1, -0.05) is 23.2 Å². The third-order valence-electron chi connectivity index (χ3n) is 3.80. The van der Waals surface area contributed by atoms with Gasteiger partial charge in [-0.2, -0.15) is 0 Å². The predicted molar refractivity (Wildman–Crippen MR) is 101 cm³/mol. The van der Waals surface area contributed by atoms with Gasteiger partial charge in [0.1, 0.15) is 11.6 Å². The number of aromatic nitrogens is 2. The van der Waals surface area contributed by atoms with Crippen LogP contribution in [-0.4, -0.2) is 25.5 Å². The van der Waals surface area contributed by atoms with Crippen molar-refractivity contribution in [1.82, 2.24) is 9.55 Å². The molecular formula is C17H12Cl2N4O4. The molecule has 0 fully saturated rings. The fourth-order valence-electron chi connectivity index (χ4n) is 2.45. The van der Waals surface area contributed by atoms with E-state index in [-0.39, 0.29) is 32.7 Å². The number of rotatable bonds is 4. The van der Waals surface area contributed by atoms with Crippen molar-refractivity contribution in [3.05, 3.63) is 68.4 Å². The molecule has 0 aliphatic carbocycles. The van der Waals surface area contributed by atoms with Crippen LogP contribution in [0.25, 0.3) is 11.4 Å². The zero-order chi connectivity index (χ0) is 19.7. The Hall–Kier alpha value is -3.10. The summed E-state index contributed by atoms with van der Waals surface area (Å²) in [5.41, 5.74) is 0.346. The van der Waals surface area contributed by atoms with E-state index in [4.69, 9.17) is 23.2 Å². The topological polar surface area (TPSA) is 110 Å². The second kappa shape index (κ2) is 7.26. The lowest BCUT2D eigenvalue weighted by molar-refractivity contribution is -0.384. The van der Waals surface area contributed by atoms with Gasteiger partial charge in [-0.05, 0) is 18.2 Å². The number of hydrogen-bond acceptors (Lipinski definition) is 5. The van der Waals surface area contributed by atoms with Crippen molar-refractivity contribution in [2.45, 2.75) is 0 Å². The molecule has 0 saturated heterocycles. The number of halogens is 2. The smallest absolute Gasteiger partial charge is 0.271 e. The number of phenolic OH excluding ortho intramolecular Hbond substituents is 1. The summed E-state index contributed by atoms with van der Waals surface area (Å²) in [6.45, 7) is 0. The zero-order valence-corrected chi connectivity index (χ0v) is 15.3. The lowest BCUT2D eigenvalue weighted by Gasteiger charge is -2.11. The highest BCUT2D eigenvalue weighted by atomic mass is 35.5. The molecule has 0 radical (unpaired) electrons. The van der Waals surface area contributed by atoms with E-state index in [1.165, 1.54) is 24.3 Å². The van der Waals surface area contributed by atoms with Crippen molar-refractivity contribution in [2.24, 2.45) is 7.05 Å².